The third-order valence-corrected chi connectivity index (χ3v) is 5.69. The highest BCUT2D eigenvalue weighted by atomic mass is 32.2. The lowest BCUT2D eigenvalue weighted by atomic mass is 10.1. The van der Waals surface area contributed by atoms with Crippen LogP contribution in [0.1, 0.15) is 30.3 Å². The molecule has 0 radical (unpaired) electrons. The molecule has 0 saturated heterocycles. The Balaban J connectivity index is 1.57. The Morgan fingerprint density at radius 3 is 2.89 bits per heavy atom. The Hall–Kier alpha value is -3.13. The zero-order valence-electron chi connectivity index (χ0n) is 15.5. The van der Waals surface area contributed by atoms with Crippen molar-refractivity contribution in [3.8, 4) is 0 Å². The molecule has 0 spiro atoms. The number of carboxylic acid groups (broad SMARTS) is 1. The number of fused-ring (bicyclic) bond motifs is 2. The number of aliphatic carboxylic acids is 1. The maximum absolute atomic E-state index is 11.2. The monoisotopic (exact) mass is 393 g/mol. The van der Waals surface area contributed by atoms with Crippen molar-refractivity contribution in [1.82, 2.24) is 19.5 Å². The highest BCUT2D eigenvalue weighted by molar-refractivity contribution is 7.99. The van der Waals surface area contributed by atoms with Crippen molar-refractivity contribution < 1.29 is 9.90 Å². The Kier molecular flexibility index (Phi) is 4.87. The van der Waals surface area contributed by atoms with Crippen LogP contribution in [0.2, 0.25) is 0 Å². The Morgan fingerprint density at radius 1 is 1.29 bits per heavy atom. The van der Waals surface area contributed by atoms with E-state index in [9.17, 15) is 9.90 Å². The SMILES string of the molecule is CCC(=Cc1ncn(Cc2ccc3c(c2)Nc2nccnc2S3)c1C)C(=O)O. The number of rotatable bonds is 5. The lowest BCUT2D eigenvalue weighted by Gasteiger charge is -2.19. The highest BCUT2D eigenvalue weighted by Gasteiger charge is 2.18. The second kappa shape index (κ2) is 7.47. The van der Waals surface area contributed by atoms with Crippen LogP contribution in [0.5, 0.6) is 0 Å². The smallest absolute Gasteiger partial charge is 0.331 e. The Bertz CT molecular complexity index is 1090. The van der Waals surface area contributed by atoms with Crippen molar-refractivity contribution in [2.45, 2.75) is 36.7 Å². The summed E-state index contributed by atoms with van der Waals surface area (Å²) in [5.74, 6) is -0.137. The van der Waals surface area contributed by atoms with Crippen molar-refractivity contribution in [3.63, 3.8) is 0 Å². The van der Waals surface area contributed by atoms with Crippen LogP contribution in [-0.4, -0.2) is 30.6 Å². The molecule has 2 N–H and O–H groups in total. The van der Waals surface area contributed by atoms with Crippen LogP contribution in [0.4, 0.5) is 11.5 Å². The van der Waals surface area contributed by atoms with Gasteiger partial charge in [0.1, 0.15) is 5.03 Å². The van der Waals surface area contributed by atoms with Crippen LogP contribution >= 0.6 is 11.8 Å². The van der Waals surface area contributed by atoms with Crippen molar-refractivity contribution >= 4 is 35.3 Å². The van der Waals surface area contributed by atoms with Crippen LogP contribution in [-0.2, 0) is 11.3 Å². The van der Waals surface area contributed by atoms with Gasteiger partial charge >= 0.3 is 5.97 Å². The minimum atomic E-state index is -0.905. The molecule has 7 nitrogen and oxygen atoms in total. The summed E-state index contributed by atoms with van der Waals surface area (Å²) in [6.45, 7) is 4.42. The number of nitrogens with zero attached hydrogens (tertiary/aromatic N) is 4. The van der Waals surface area contributed by atoms with Gasteiger partial charge in [0.05, 0.1) is 17.7 Å². The average molecular weight is 393 g/mol. The summed E-state index contributed by atoms with van der Waals surface area (Å²) in [5, 5.41) is 13.4. The Labute approximate surface area is 166 Å². The van der Waals surface area contributed by atoms with Gasteiger partial charge in [0.15, 0.2) is 5.82 Å². The zero-order valence-corrected chi connectivity index (χ0v) is 16.3. The van der Waals surface area contributed by atoms with E-state index in [1.54, 1.807) is 36.6 Å². The molecule has 3 heterocycles. The first-order chi connectivity index (χ1) is 13.5. The molecule has 0 amide bonds. The number of benzene rings is 1. The summed E-state index contributed by atoms with van der Waals surface area (Å²) in [7, 11) is 0. The topological polar surface area (TPSA) is 92.9 Å². The van der Waals surface area contributed by atoms with E-state index < -0.39 is 5.97 Å². The average Bonchev–Trinajstić information content (AvgIpc) is 3.03. The minimum absolute atomic E-state index is 0.350. The molecular weight excluding hydrogens is 374 g/mol. The van der Waals surface area contributed by atoms with Crippen LogP contribution in [0, 0.1) is 6.92 Å². The molecule has 0 atom stereocenters. The van der Waals surface area contributed by atoms with E-state index in [0.717, 1.165) is 32.7 Å². The first-order valence-corrected chi connectivity index (χ1v) is 9.71. The van der Waals surface area contributed by atoms with Crippen molar-refractivity contribution in [1.29, 1.82) is 0 Å². The molecule has 0 aliphatic carbocycles. The predicted molar refractivity (Wildman–Crippen MR) is 108 cm³/mol. The molecule has 0 bridgehead atoms. The van der Waals surface area contributed by atoms with Gasteiger partial charge in [-0.1, -0.05) is 24.8 Å². The number of carboxylic acids is 1. The van der Waals surface area contributed by atoms with E-state index in [1.807, 2.05) is 18.4 Å². The van der Waals surface area contributed by atoms with Crippen molar-refractivity contribution in [3.05, 3.63) is 59.4 Å². The molecule has 8 heteroatoms. The fraction of sp³-hybridized carbons (Fsp3) is 0.200. The molecule has 0 unspecified atom stereocenters. The van der Waals surface area contributed by atoms with Crippen LogP contribution in [0.25, 0.3) is 6.08 Å². The van der Waals surface area contributed by atoms with Crippen LogP contribution in [0.15, 0.2) is 52.4 Å². The zero-order chi connectivity index (χ0) is 19.7. The van der Waals surface area contributed by atoms with E-state index in [0.29, 0.717) is 24.2 Å². The lowest BCUT2D eigenvalue weighted by Crippen LogP contribution is -2.06. The largest absolute Gasteiger partial charge is 0.478 e. The van der Waals surface area contributed by atoms with Gasteiger partial charge in [-0.25, -0.2) is 19.7 Å². The van der Waals surface area contributed by atoms with Crippen molar-refractivity contribution in [2.24, 2.45) is 0 Å². The van der Waals surface area contributed by atoms with Gasteiger partial charge in [0.2, 0.25) is 0 Å². The summed E-state index contributed by atoms with van der Waals surface area (Å²) in [6.07, 6.45) is 7.22. The second-order valence-corrected chi connectivity index (χ2v) is 7.47. The lowest BCUT2D eigenvalue weighted by molar-refractivity contribution is -0.132. The highest BCUT2D eigenvalue weighted by Crippen LogP contribution is 2.42. The molecule has 1 aliphatic heterocycles. The van der Waals surface area contributed by atoms with Gasteiger partial charge < -0.3 is 15.0 Å². The van der Waals surface area contributed by atoms with Gasteiger partial charge in [-0.05, 0) is 37.1 Å². The first-order valence-electron chi connectivity index (χ1n) is 8.89. The standard InChI is InChI=1S/C20H19N5O2S/c1-3-14(20(26)27)9-15-12(2)25(11-23-15)10-13-4-5-17-16(8-13)24-18-19(28-17)22-7-6-21-18/h4-9,11H,3,10H2,1-2H3,(H,21,24)(H,26,27). The van der Waals surface area contributed by atoms with E-state index in [-0.39, 0.29) is 0 Å². The van der Waals surface area contributed by atoms with Gasteiger partial charge in [0, 0.05) is 35.1 Å². The number of carbonyl (C=O) groups is 1. The molecule has 28 heavy (non-hydrogen) atoms. The van der Waals surface area contributed by atoms with Gasteiger partial charge in [-0.2, -0.15) is 0 Å². The van der Waals surface area contributed by atoms with E-state index in [4.69, 9.17) is 0 Å². The molecule has 0 fully saturated rings. The number of hydrogen-bond acceptors (Lipinski definition) is 6. The second-order valence-electron chi connectivity index (χ2n) is 6.44. The summed E-state index contributed by atoms with van der Waals surface area (Å²) in [4.78, 5) is 25.4. The maximum Gasteiger partial charge on any atom is 0.331 e. The minimum Gasteiger partial charge on any atom is -0.478 e. The predicted octanol–water partition coefficient (Wildman–Crippen LogP) is 4.12. The van der Waals surface area contributed by atoms with E-state index in [1.165, 1.54) is 0 Å². The Morgan fingerprint density at radius 2 is 2.11 bits per heavy atom. The van der Waals surface area contributed by atoms with Gasteiger partial charge in [-0.15, -0.1) is 0 Å². The number of nitrogens with one attached hydrogen (secondary N) is 1. The molecule has 142 valence electrons. The van der Waals surface area contributed by atoms with Crippen LogP contribution < -0.4 is 5.32 Å². The third-order valence-electron chi connectivity index (χ3n) is 4.63. The summed E-state index contributed by atoms with van der Waals surface area (Å²) < 4.78 is 2.02. The normalized spacial score (nSPS) is 12.9. The quantitative estimate of drug-likeness (QED) is 0.493. The number of aromatic nitrogens is 4. The number of anilines is 2. The molecule has 1 aliphatic rings. The van der Waals surface area contributed by atoms with Crippen LogP contribution in [0.3, 0.4) is 0 Å². The third kappa shape index (κ3) is 3.50. The summed E-state index contributed by atoms with van der Waals surface area (Å²) in [6, 6.07) is 6.26. The number of hydrogen-bond donors (Lipinski definition) is 2. The van der Waals surface area contributed by atoms with Gasteiger partial charge in [0.25, 0.3) is 0 Å². The molecule has 1 aromatic carbocycles. The molecule has 0 saturated carbocycles. The van der Waals surface area contributed by atoms with Gasteiger partial charge in [-0.3, -0.25) is 0 Å². The maximum atomic E-state index is 11.2. The molecular formula is C20H19N5O2S. The molecule has 3 aromatic rings. The summed E-state index contributed by atoms with van der Waals surface area (Å²) in [5.41, 5.74) is 4.10. The fourth-order valence-electron chi connectivity index (χ4n) is 3.02. The molecule has 4 rings (SSSR count). The molecule has 2 aromatic heterocycles. The number of imidazole rings is 1. The first kappa shape index (κ1) is 18.2. The van der Waals surface area contributed by atoms with E-state index >= 15 is 0 Å². The van der Waals surface area contributed by atoms with Crippen molar-refractivity contribution in [2.75, 3.05) is 5.32 Å². The summed E-state index contributed by atoms with van der Waals surface area (Å²) >= 11 is 1.60. The van der Waals surface area contributed by atoms with E-state index in [2.05, 4.69) is 38.5 Å². The fourth-order valence-corrected chi connectivity index (χ4v) is 3.89.